The van der Waals surface area contributed by atoms with Gasteiger partial charge in [-0.3, -0.25) is 5.10 Å². The minimum absolute atomic E-state index is 0.218. The number of piperidine rings is 1. The van der Waals surface area contributed by atoms with E-state index in [0.717, 1.165) is 31.0 Å². The number of hydrogen-bond acceptors (Lipinski definition) is 4. The molecule has 1 amide bonds. The van der Waals surface area contributed by atoms with E-state index in [1.807, 2.05) is 20.8 Å². The largest absolute Gasteiger partial charge is 0.444 e. The van der Waals surface area contributed by atoms with Gasteiger partial charge in [0.25, 0.3) is 0 Å². The van der Waals surface area contributed by atoms with Gasteiger partial charge in [0.2, 0.25) is 0 Å². The van der Waals surface area contributed by atoms with Gasteiger partial charge in [0.1, 0.15) is 11.4 Å². The maximum atomic E-state index is 12.2. The van der Waals surface area contributed by atoms with Crippen LogP contribution in [0, 0.1) is 0 Å². The number of H-pyrrole nitrogens is 1. The maximum absolute atomic E-state index is 12.2. The Morgan fingerprint density at radius 2 is 2.05 bits per heavy atom. The molecule has 0 radical (unpaired) electrons. The molecule has 0 spiro atoms. The van der Waals surface area contributed by atoms with Crippen molar-refractivity contribution < 1.29 is 9.53 Å². The number of amides is 1. The maximum Gasteiger partial charge on any atom is 0.410 e. The minimum atomic E-state index is -0.451. The fourth-order valence-corrected chi connectivity index (χ4v) is 2.69. The normalized spacial score (nSPS) is 23.2. The number of aromatic amines is 1. The molecule has 1 aromatic rings. The number of nitrogens with zero attached hydrogens (tertiary/aromatic N) is 3. The van der Waals surface area contributed by atoms with Crippen LogP contribution in [0.5, 0.6) is 0 Å². The molecule has 2 heterocycles. The van der Waals surface area contributed by atoms with E-state index in [9.17, 15) is 4.79 Å². The molecule has 1 saturated heterocycles. The summed E-state index contributed by atoms with van der Waals surface area (Å²) < 4.78 is 5.45. The number of carbonyl (C=O) groups excluding carboxylic acids is 1. The molecule has 6 nitrogen and oxygen atoms in total. The van der Waals surface area contributed by atoms with Crippen LogP contribution in [0.25, 0.3) is 0 Å². The average Bonchev–Trinajstić information content (AvgIpc) is 3.15. The third kappa shape index (κ3) is 3.54. The standard InChI is InChI=1S/C15H24N4O2/c1-15(2,3)21-14(20)19-8-4-5-11(9-19)13-16-12(17-18-13)10-6-7-10/h10-11H,4-9H2,1-3H3,(H,16,17,18). The third-order valence-electron chi connectivity index (χ3n) is 3.92. The second-order valence-corrected chi connectivity index (χ2v) is 7.12. The summed E-state index contributed by atoms with van der Waals surface area (Å²) >= 11 is 0. The van der Waals surface area contributed by atoms with Crippen molar-refractivity contribution in [3.8, 4) is 0 Å². The second-order valence-electron chi connectivity index (χ2n) is 7.12. The zero-order valence-electron chi connectivity index (χ0n) is 13.1. The number of carbonyl (C=O) groups is 1. The van der Waals surface area contributed by atoms with Crippen LogP contribution in [0.4, 0.5) is 4.79 Å². The summed E-state index contributed by atoms with van der Waals surface area (Å²) in [7, 11) is 0. The van der Waals surface area contributed by atoms with Gasteiger partial charge >= 0.3 is 6.09 Å². The van der Waals surface area contributed by atoms with Gasteiger partial charge in [0.15, 0.2) is 5.82 Å². The molecule has 1 aliphatic carbocycles. The molecule has 2 aliphatic rings. The first kappa shape index (κ1) is 14.4. The topological polar surface area (TPSA) is 71.1 Å². The molecule has 1 aromatic heterocycles. The van der Waals surface area contributed by atoms with Crippen LogP contribution in [0.15, 0.2) is 0 Å². The fraction of sp³-hybridized carbons (Fsp3) is 0.800. The van der Waals surface area contributed by atoms with Gasteiger partial charge in [-0.1, -0.05) is 0 Å². The minimum Gasteiger partial charge on any atom is -0.444 e. The van der Waals surface area contributed by atoms with Crippen LogP contribution in [0.1, 0.15) is 69.9 Å². The first-order valence-electron chi connectivity index (χ1n) is 7.82. The monoisotopic (exact) mass is 292 g/mol. The van der Waals surface area contributed by atoms with Gasteiger partial charge in [-0.05, 0) is 46.5 Å². The highest BCUT2D eigenvalue weighted by Crippen LogP contribution is 2.38. The summed E-state index contributed by atoms with van der Waals surface area (Å²) in [5.41, 5.74) is -0.451. The molecule has 116 valence electrons. The number of rotatable bonds is 2. The zero-order chi connectivity index (χ0) is 15.0. The summed E-state index contributed by atoms with van der Waals surface area (Å²) in [6.07, 6.45) is 4.19. The Kier molecular flexibility index (Phi) is 3.63. The molecule has 1 aliphatic heterocycles. The van der Waals surface area contributed by atoms with Crippen LogP contribution in [-0.4, -0.2) is 44.9 Å². The Labute approximate surface area is 125 Å². The van der Waals surface area contributed by atoms with Crippen molar-refractivity contribution in [3.05, 3.63) is 11.6 Å². The molecule has 1 N–H and O–H groups in total. The highest BCUT2D eigenvalue weighted by Gasteiger charge is 2.32. The number of likely N-dealkylation sites (tertiary alicyclic amines) is 1. The van der Waals surface area contributed by atoms with Gasteiger partial charge in [0.05, 0.1) is 0 Å². The number of nitrogens with one attached hydrogen (secondary N) is 1. The summed E-state index contributed by atoms with van der Waals surface area (Å²) in [6, 6.07) is 0. The molecule has 1 atom stereocenters. The Balaban J connectivity index is 1.63. The van der Waals surface area contributed by atoms with Crippen LogP contribution in [0.3, 0.4) is 0 Å². The summed E-state index contributed by atoms with van der Waals surface area (Å²) in [5.74, 6) is 2.66. The Morgan fingerprint density at radius 3 is 2.71 bits per heavy atom. The van der Waals surface area contributed by atoms with Gasteiger partial charge in [-0.15, -0.1) is 0 Å². The van der Waals surface area contributed by atoms with E-state index in [1.165, 1.54) is 12.8 Å². The molecule has 0 bridgehead atoms. The molecule has 2 fully saturated rings. The highest BCUT2D eigenvalue weighted by atomic mass is 16.6. The van der Waals surface area contributed by atoms with Crippen molar-refractivity contribution in [1.82, 2.24) is 20.1 Å². The fourth-order valence-electron chi connectivity index (χ4n) is 2.69. The van der Waals surface area contributed by atoms with Crippen molar-refractivity contribution in [2.75, 3.05) is 13.1 Å². The van der Waals surface area contributed by atoms with Crippen molar-refractivity contribution in [3.63, 3.8) is 0 Å². The first-order valence-corrected chi connectivity index (χ1v) is 7.82. The summed E-state index contributed by atoms with van der Waals surface area (Å²) in [6.45, 7) is 7.08. The molecular formula is C15H24N4O2. The molecular weight excluding hydrogens is 268 g/mol. The first-order chi connectivity index (χ1) is 9.92. The van der Waals surface area contributed by atoms with Gasteiger partial charge < -0.3 is 9.64 Å². The van der Waals surface area contributed by atoms with Crippen molar-refractivity contribution in [2.45, 2.75) is 63.9 Å². The van der Waals surface area contributed by atoms with Crippen molar-refractivity contribution in [1.29, 1.82) is 0 Å². The number of hydrogen-bond donors (Lipinski definition) is 1. The van der Waals surface area contributed by atoms with Gasteiger partial charge in [-0.25, -0.2) is 9.78 Å². The van der Waals surface area contributed by atoms with Gasteiger partial charge in [0, 0.05) is 24.9 Å². The van der Waals surface area contributed by atoms with E-state index in [0.29, 0.717) is 12.5 Å². The SMILES string of the molecule is CC(C)(C)OC(=O)N1CCCC(c2n[nH]c(C3CC3)n2)C1. The summed E-state index contributed by atoms with van der Waals surface area (Å²) in [4.78, 5) is 18.6. The molecule has 1 unspecified atom stereocenters. The van der Waals surface area contributed by atoms with Crippen molar-refractivity contribution >= 4 is 6.09 Å². The lowest BCUT2D eigenvalue weighted by Gasteiger charge is -2.33. The van der Waals surface area contributed by atoms with E-state index in [2.05, 4.69) is 15.2 Å². The Bertz CT molecular complexity index is 516. The van der Waals surface area contributed by atoms with E-state index < -0.39 is 5.60 Å². The molecule has 21 heavy (non-hydrogen) atoms. The zero-order valence-corrected chi connectivity index (χ0v) is 13.1. The molecule has 1 saturated carbocycles. The quantitative estimate of drug-likeness (QED) is 0.910. The Hall–Kier alpha value is -1.59. The van der Waals surface area contributed by atoms with E-state index in [1.54, 1.807) is 4.90 Å². The third-order valence-corrected chi connectivity index (χ3v) is 3.92. The highest BCUT2D eigenvalue weighted by molar-refractivity contribution is 5.68. The number of ether oxygens (including phenoxy) is 1. The van der Waals surface area contributed by atoms with E-state index in [-0.39, 0.29) is 12.0 Å². The summed E-state index contributed by atoms with van der Waals surface area (Å²) in [5, 5.41) is 7.41. The lowest BCUT2D eigenvalue weighted by molar-refractivity contribution is 0.0196. The van der Waals surface area contributed by atoms with Crippen LogP contribution in [0.2, 0.25) is 0 Å². The second kappa shape index (κ2) is 5.31. The van der Waals surface area contributed by atoms with Gasteiger partial charge in [-0.2, -0.15) is 5.10 Å². The lowest BCUT2D eigenvalue weighted by atomic mass is 9.98. The molecule has 0 aromatic carbocycles. The van der Waals surface area contributed by atoms with E-state index in [4.69, 9.17) is 4.74 Å². The van der Waals surface area contributed by atoms with E-state index >= 15 is 0 Å². The van der Waals surface area contributed by atoms with Crippen molar-refractivity contribution in [2.24, 2.45) is 0 Å². The van der Waals surface area contributed by atoms with Crippen LogP contribution < -0.4 is 0 Å². The molecule has 6 heteroatoms. The number of aromatic nitrogens is 3. The molecule has 3 rings (SSSR count). The van der Waals surface area contributed by atoms with Crippen LogP contribution in [-0.2, 0) is 4.74 Å². The predicted molar refractivity (Wildman–Crippen MR) is 78.1 cm³/mol. The Morgan fingerprint density at radius 1 is 1.29 bits per heavy atom. The lowest BCUT2D eigenvalue weighted by Crippen LogP contribution is -2.42. The van der Waals surface area contributed by atoms with Crippen LogP contribution >= 0.6 is 0 Å². The smallest absolute Gasteiger partial charge is 0.410 e. The predicted octanol–water partition coefficient (Wildman–Crippen LogP) is 2.80. The average molecular weight is 292 g/mol.